The molecule has 0 saturated carbocycles. The molecule has 0 unspecified atom stereocenters. The van der Waals surface area contributed by atoms with Crippen LogP contribution in [0.25, 0.3) is 0 Å². The zero-order valence-corrected chi connectivity index (χ0v) is 16.5. The Kier molecular flexibility index (Phi) is 6.05. The predicted octanol–water partition coefficient (Wildman–Crippen LogP) is 4.07. The first kappa shape index (κ1) is 20.4. The average Bonchev–Trinajstić information content (AvgIpc) is 2.57. The quantitative estimate of drug-likeness (QED) is 0.825. The van der Waals surface area contributed by atoms with Crippen LogP contribution in [-0.2, 0) is 10.0 Å². The van der Waals surface area contributed by atoms with E-state index in [0.29, 0.717) is 0 Å². The number of sulfonamides is 1. The normalized spacial score (nSPS) is 11.8. The highest BCUT2D eigenvalue weighted by Gasteiger charge is 2.25. The third-order valence-electron chi connectivity index (χ3n) is 3.96. The van der Waals surface area contributed by atoms with Crippen molar-refractivity contribution in [3.05, 3.63) is 58.4 Å². The summed E-state index contributed by atoms with van der Waals surface area (Å²) in [5.41, 5.74) is 0.715. The van der Waals surface area contributed by atoms with Gasteiger partial charge in [0.1, 0.15) is 5.82 Å². The van der Waals surface area contributed by atoms with E-state index in [-0.39, 0.29) is 27.2 Å². The fourth-order valence-corrected chi connectivity index (χ4v) is 3.80. The Labute approximate surface area is 157 Å². The van der Waals surface area contributed by atoms with E-state index in [4.69, 9.17) is 11.6 Å². The Morgan fingerprint density at radius 3 is 2.46 bits per heavy atom. The fraction of sp³-hybridized carbons (Fsp3) is 0.278. The number of halogens is 2. The van der Waals surface area contributed by atoms with Crippen molar-refractivity contribution in [2.75, 3.05) is 12.4 Å². The lowest BCUT2D eigenvalue weighted by atomic mass is 10.2. The zero-order chi connectivity index (χ0) is 19.6. The number of carbonyl (C=O) groups is 1. The minimum Gasteiger partial charge on any atom is -0.319 e. The van der Waals surface area contributed by atoms with Crippen LogP contribution in [0.1, 0.15) is 29.8 Å². The molecule has 2 aromatic rings. The minimum absolute atomic E-state index is 0.00127. The maximum Gasteiger partial charge on any atom is 0.257 e. The SMILES string of the molecule is Cc1ccc(F)c(NC(=O)c2cc(S(=O)(=O)N(C)C(C)C)ccc2Cl)c1. The number of amides is 1. The predicted molar refractivity (Wildman–Crippen MR) is 101 cm³/mol. The fourth-order valence-electron chi connectivity index (χ4n) is 2.21. The van der Waals surface area contributed by atoms with Crippen LogP contribution in [0.5, 0.6) is 0 Å². The standard InChI is InChI=1S/C18H20ClFN2O3S/c1-11(2)22(4)26(24,25)13-6-7-15(19)14(10-13)18(23)21-17-9-12(3)5-8-16(17)20/h5-11H,1-4H3,(H,21,23). The number of nitrogens with one attached hydrogen (secondary N) is 1. The number of hydrogen-bond acceptors (Lipinski definition) is 3. The van der Waals surface area contributed by atoms with Gasteiger partial charge in [0.25, 0.3) is 5.91 Å². The number of nitrogens with zero attached hydrogens (tertiary/aromatic N) is 1. The molecule has 0 aliphatic rings. The van der Waals surface area contributed by atoms with Crippen LogP contribution in [0.15, 0.2) is 41.3 Å². The van der Waals surface area contributed by atoms with Crippen molar-refractivity contribution in [1.29, 1.82) is 0 Å². The summed E-state index contributed by atoms with van der Waals surface area (Å²) in [7, 11) is -2.32. The second-order valence-corrected chi connectivity index (χ2v) is 8.60. The maximum absolute atomic E-state index is 13.9. The van der Waals surface area contributed by atoms with Gasteiger partial charge in [-0.3, -0.25) is 4.79 Å². The van der Waals surface area contributed by atoms with Crippen molar-refractivity contribution >= 4 is 33.2 Å². The van der Waals surface area contributed by atoms with E-state index in [1.807, 2.05) is 0 Å². The molecular weight excluding hydrogens is 379 g/mol. The molecule has 1 N–H and O–H groups in total. The summed E-state index contributed by atoms with van der Waals surface area (Å²) >= 11 is 6.06. The zero-order valence-electron chi connectivity index (χ0n) is 14.9. The molecule has 0 aliphatic carbocycles. The van der Waals surface area contributed by atoms with Gasteiger partial charge in [-0.1, -0.05) is 17.7 Å². The highest BCUT2D eigenvalue weighted by atomic mass is 35.5. The van der Waals surface area contributed by atoms with Gasteiger partial charge in [-0.15, -0.1) is 0 Å². The molecule has 140 valence electrons. The third-order valence-corrected chi connectivity index (χ3v) is 6.32. The molecule has 0 aliphatic heterocycles. The van der Waals surface area contributed by atoms with Gasteiger partial charge in [0, 0.05) is 13.1 Å². The van der Waals surface area contributed by atoms with Gasteiger partial charge in [-0.2, -0.15) is 4.31 Å². The van der Waals surface area contributed by atoms with Crippen molar-refractivity contribution in [3.63, 3.8) is 0 Å². The van der Waals surface area contributed by atoms with Gasteiger partial charge in [-0.05, 0) is 56.7 Å². The summed E-state index contributed by atoms with van der Waals surface area (Å²) in [6.07, 6.45) is 0. The Morgan fingerprint density at radius 1 is 1.19 bits per heavy atom. The summed E-state index contributed by atoms with van der Waals surface area (Å²) in [5.74, 6) is -1.29. The first-order chi connectivity index (χ1) is 12.0. The molecule has 0 spiro atoms. The van der Waals surface area contributed by atoms with Crippen LogP contribution in [-0.4, -0.2) is 31.7 Å². The van der Waals surface area contributed by atoms with E-state index in [1.165, 1.54) is 41.7 Å². The molecule has 0 fully saturated rings. The molecule has 2 aromatic carbocycles. The van der Waals surface area contributed by atoms with Crippen molar-refractivity contribution in [2.24, 2.45) is 0 Å². The number of rotatable bonds is 5. The molecule has 1 amide bonds. The van der Waals surface area contributed by atoms with E-state index in [2.05, 4.69) is 5.32 Å². The summed E-state index contributed by atoms with van der Waals surface area (Å²) < 4.78 is 40.3. The van der Waals surface area contributed by atoms with Crippen molar-refractivity contribution < 1.29 is 17.6 Å². The molecule has 2 rings (SSSR count). The van der Waals surface area contributed by atoms with Crippen LogP contribution < -0.4 is 5.32 Å². The first-order valence-corrected chi connectivity index (χ1v) is 9.71. The van der Waals surface area contributed by atoms with E-state index < -0.39 is 21.7 Å². The van der Waals surface area contributed by atoms with Crippen LogP contribution in [0.2, 0.25) is 5.02 Å². The molecular formula is C18H20ClFN2O3S. The second kappa shape index (κ2) is 7.73. The van der Waals surface area contributed by atoms with Crippen LogP contribution in [0, 0.1) is 12.7 Å². The Balaban J connectivity index is 2.41. The Morgan fingerprint density at radius 2 is 1.85 bits per heavy atom. The molecule has 5 nitrogen and oxygen atoms in total. The van der Waals surface area contributed by atoms with Crippen molar-refractivity contribution in [1.82, 2.24) is 4.31 Å². The first-order valence-electron chi connectivity index (χ1n) is 7.89. The van der Waals surface area contributed by atoms with E-state index in [1.54, 1.807) is 26.8 Å². The number of hydrogen-bond donors (Lipinski definition) is 1. The number of carbonyl (C=O) groups excluding carboxylic acids is 1. The Hall–Kier alpha value is -1.96. The lowest BCUT2D eigenvalue weighted by Gasteiger charge is -2.21. The summed E-state index contributed by atoms with van der Waals surface area (Å²) in [4.78, 5) is 12.4. The smallest absolute Gasteiger partial charge is 0.257 e. The van der Waals surface area contributed by atoms with E-state index >= 15 is 0 Å². The van der Waals surface area contributed by atoms with Gasteiger partial charge in [0.05, 0.1) is 21.2 Å². The highest BCUT2D eigenvalue weighted by molar-refractivity contribution is 7.89. The summed E-state index contributed by atoms with van der Waals surface area (Å²) in [6.45, 7) is 5.24. The van der Waals surface area contributed by atoms with Gasteiger partial charge < -0.3 is 5.32 Å². The van der Waals surface area contributed by atoms with Gasteiger partial charge in [0.2, 0.25) is 10.0 Å². The lowest BCUT2D eigenvalue weighted by molar-refractivity contribution is 0.102. The van der Waals surface area contributed by atoms with Gasteiger partial charge in [0.15, 0.2) is 0 Å². The molecule has 26 heavy (non-hydrogen) atoms. The van der Waals surface area contributed by atoms with E-state index in [9.17, 15) is 17.6 Å². The largest absolute Gasteiger partial charge is 0.319 e. The Bertz CT molecular complexity index is 945. The molecule has 0 radical (unpaired) electrons. The summed E-state index contributed by atoms with van der Waals surface area (Å²) in [6, 6.07) is 7.91. The summed E-state index contributed by atoms with van der Waals surface area (Å²) in [5, 5.41) is 2.50. The van der Waals surface area contributed by atoms with Gasteiger partial charge >= 0.3 is 0 Å². The lowest BCUT2D eigenvalue weighted by Crippen LogP contribution is -2.33. The minimum atomic E-state index is -3.78. The molecule has 8 heteroatoms. The third kappa shape index (κ3) is 4.23. The monoisotopic (exact) mass is 398 g/mol. The number of benzene rings is 2. The van der Waals surface area contributed by atoms with Crippen LogP contribution in [0.3, 0.4) is 0 Å². The molecule has 0 heterocycles. The molecule has 0 bridgehead atoms. The number of anilines is 1. The van der Waals surface area contributed by atoms with Crippen molar-refractivity contribution in [3.8, 4) is 0 Å². The van der Waals surface area contributed by atoms with Gasteiger partial charge in [-0.25, -0.2) is 12.8 Å². The van der Waals surface area contributed by atoms with Crippen LogP contribution >= 0.6 is 11.6 Å². The topological polar surface area (TPSA) is 66.5 Å². The molecule has 0 saturated heterocycles. The average molecular weight is 399 g/mol. The molecule has 0 aromatic heterocycles. The van der Waals surface area contributed by atoms with Crippen LogP contribution in [0.4, 0.5) is 10.1 Å². The maximum atomic E-state index is 13.9. The van der Waals surface area contributed by atoms with Crippen molar-refractivity contribution in [2.45, 2.75) is 31.7 Å². The number of aryl methyl sites for hydroxylation is 1. The highest BCUT2D eigenvalue weighted by Crippen LogP contribution is 2.25. The van der Waals surface area contributed by atoms with E-state index in [0.717, 1.165) is 5.56 Å². The second-order valence-electron chi connectivity index (χ2n) is 6.19. The molecule has 0 atom stereocenters.